The van der Waals surface area contributed by atoms with E-state index in [1.54, 1.807) is 12.1 Å². The Kier molecular flexibility index (Phi) is 7.85. The van der Waals surface area contributed by atoms with Crippen molar-refractivity contribution in [2.75, 3.05) is 26.8 Å². The van der Waals surface area contributed by atoms with Gasteiger partial charge in [0.1, 0.15) is 12.4 Å². The van der Waals surface area contributed by atoms with Crippen molar-refractivity contribution in [2.45, 2.75) is 38.3 Å². The predicted molar refractivity (Wildman–Crippen MR) is 115 cm³/mol. The molecule has 160 valence electrons. The molecule has 0 radical (unpaired) electrons. The van der Waals surface area contributed by atoms with Crippen molar-refractivity contribution < 1.29 is 19.1 Å². The van der Waals surface area contributed by atoms with Crippen LogP contribution in [0.3, 0.4) is 0 Å². The number of piperidine rings is 1. The lowest BCUT2D eigenvalue weighted by molar-refractivity contribution is -0.128. The third-order valence-electron chi connectivity index (χ3n) is 5.50. The summed E-state index contributed by atoms with van der Waals surface area (Å²) in [7, 11) is 1.36. The van der Waals surface area contributed by atoms with E-state index in [1.165, 1.54) is 7.11 Å². The molecular formula is C24H30N2O4. The van der Waals surface area contributed by atoms with Gasteiger partial charge in [-0.15, -0.1) is 0 Å². The number of hydrogen-bond donors (Lipinski definition) is 1. The lowest BCUT2D eigenvalue weighted by Gasteiger charge is -2.35. The van der Waals surface area contributed by atoms with Crippen LogP contribution in [0.15, 0.2) is 54.6 Å². The summed E-state index contributed by atoms with van der Waals surface area (Å²) in [4.78, 5) is 26.8. The molecule has 1 heterocycles. The molecule has 1 fully saturated rings. The molecule has 2 aromatic rings. The van der Waals surface area contributed by atoms with E-state index in [1.807, 2.05) is 49.4 Å². The molecular weight excluding hydrogens is 380 g/mol. The molecule has 1 aliphatic heterocycles. The van der Waals surface area contributed by atoms with Crippen LogP contribution in [0.4, 0.5) is 0 Å². The van der Waals surface area contributed by atoms with Crippen LogP contribution in [0, 0.1) is 0 Å². The highest BCUT2D eigenvalue weighted by molar-refractivity contribution is 5.89. The van der Waals surface area contributed by atoms with Crippen LogP contribution in [-0.4, -0.2) is 49.6 Å². The van der Waals surface area contributed by atoms with E-state index in [9.17, 15) is 9.59 Å². The number of para-hydroxylation sites is 1. The van der Waals surface area contributed by atoms with Crippen LogP contribution in [0.2, 0.25) is 0 Å². The first kappa shape index (κ1) is 21.8. The predicted octanol–water partition coefficient (Wildman–Crippen LogP) is 3.58. The van der Waals surface area contributed by atoms with Gasteiger partial charge in [0.25, 0.3) is 0 Å². The first-order valence-electron chi connectivity index (χ1n) is 10.5. The molecule has 3 rings (SSSR count). The molecule has 1 N–H and O–H groups in total. The zero-order chi connectivity index (χ0) is 21.3. The van der Waals surface area contributed by atoms with E-state index in [0.29, 0.717) is 12.2 Å². The van der Waals surface area contributed by atoms with Gasteiger partial charge in [-0.05, 0) is 56.1 Å². The number of rotatable bonds is 8. The van der Waals surface area contributed by atoms with E-state index in [2.05, 4.69) is 10.2 Å². The number of hydrogen-bond acceptors (Lipinski definition) is 5. The maximum atomic E-state index is 13.0. The van der Waals surface area contributed by atoms with Crippen LogP contribution in [-0.2, 0) is 9.53 Å². The van der Waals surface area contributed by atoms with Crippen LogP contribution in [0.5, 0.6) is 5.75 Å². The van der Waals surface area contributed by atoms with Crippen molar-refractivity contribution in [3.63, 3.8) is 0 Å². The highest BCUT2D eigenvalue weighted by Gasteiger charge is 2.29. The lowest BCUT2D eigenvalue weighted by Crippen LogP contribution is -2.51. The largest absolute Gasteiger partial charge is 0.492 e. The van der Waals surface area contributed by atoms with E-state index in [0.717, 1.165) is 43.7 Å². The minimum absolute atomic E-state index is 0.0407. The van der Waals surface area contributed by atoms with E-state index >= 15 is 0 Å². The number of methoxy groups -OCH3 is 1. The molecule has 30 heavy (non-hydrogen) atoms. The van der Waals surface area contributed by atoms with Gasteiger partial charge in [0, 0.05) is 6.54 Å². The molecule has 1 aliphatic rings. The lowest BCUT2D eigenvalue weighted by atomic mass is 10.00. The third kappa shape index (κ3) is 5.83. The third-order valence-corrected chi connectivity index (χ3v) is 5.50. The number of amides is 1. The molecule has 0 spiro atoms. The zero-order valence-electron chi connectivity index (χ0n) is 17.7. The van der Waals surface area contributed by atoms with Gasteiger partial charge in [-0.2, -0.15) is 0 Å². The van der Waals surface area contributed by atoms with Gasteiger partial charge in [-0.1, -0.05) is 36.8 Å². The van der Waals surface area contributed by atoms with Gasteiger partial charge in [-0.3, -0.25) is 9.69 Å². The molecule has 2 aromatic carbocycles. The molecule has 1 saturated heterocycles. The van der Waals surface area contributed by atoms with Crippen molar-refractivity contribution >= 4 is 11.9 Å². The van der Waals surface area contributed by atoms with E-state index < -0.39 is 0 Å². The number of ether oxygens (including phenoxy) is 2. The van der Waals surface area contributed by atoms with Gasteiger partial charge in [-0.25, -0.2) is 4.79 Å². The summed E-state index contributed by atoms with van der Waals surface area (Å²) in [6, 6.07) is 16.6. The minimum Gasteiger partial charge on any atom is -0.492 e. The molecule has 0 unspecified atom stereocenters. The standard InChI is InChI=1S/C24H30N2O4/c1-18(19-11-13-20(14-12-19)24(28)29-2)25-23(27)22-10-6-7-15-26(22)16-17-30-21-8-4-3-5-9-21/h3-5,8-9,11-14,18,22H,6-7,10,15-17H2,1-2H3,(H,25,27)/t18-,22+/m1/s1. The van der Waals surface area contributed by atoms with Crippen LogP contribution in [0.25, 0.3) is 0 Å². The fourth-order valence-electron chi connectivity index (χ4n) is 3.77. The summed E-state index contributed by atoms with van der Waals surface area (Å²) in [6.45, 7) is 4.13. The Morgan fingerprint density at radius 3 is 2.53 bits per heavy atom. The maximum absolute atomic E-state index is 13.0. The maximum Gasteiger partial charge on any atom is 0.337 e. The molecule has 1 amide bonds. The Labute approximate surface area is 178 Å². The summed E-state index contributed by atoms with van der Waals surface area (Å²) >= 11 is 0. The number of carbonyl (C=O) groups excluding carboxylic acids is 2. The van der Waals surface area contributed by atoms with Crippen LogP contribution >= 0.6 is 0 Å². The normalized spacial score (nSPS) is 17.7. The molecule has 0 aliphatic carbocycles. The summed E-state index contributed by atoms with van der Waals surface area (Å²) in [5.74, 6) is 0.521. The van der Waals surface area contributed by atoms with Gasteiger partial charge in [0.05, 0.1) is 24.8 Å². The Bertz CT molecular complexity index is 823. The summed E-state index contributed by atoms with van der Waals surface area (Å²) < 4.78 is 10.5. The van der Waals surface area contributed by atoms with Crippen molar-refractivity contribution in [2.24, 2.45) is 0 Å². The average Bonchev–Trinajstić information content (AvgIpc) is 2.79. The van der Waals surface area contributed by atoms with Crippen molar-refractivity contribution in [1.82, 2.24) is 10.2 Å². The SMILES string of the molecule is COC(=O)c1ccc([C@@H](C)NC(=O)[C@@H]2CCCCN2CCOc2ccccc2)cc1. The zero-order valence-corrected chi connectivity index (χ0v) is 17.7. The number of likely N-dealkylation sites (tertiary alicyclic amines) is 1. The van der Waals surface area contributed by atoms with Crippen molar-refractivity contribution in [1.29, 1.82) is 0 Å². The average molecular weight is 411 g/mol. The Balaban J connectivity index is 1.54. The first-order valence-corrected chi connectivity index (χ1v) is 10.5. The van der Waals surface area contributed by atoms with Gasteiger partial charge in [0.2, 0.25) is 5.91 Å². The number of carbonyl (C=O) groups is 2. The van der Waals surface area contributed by atoms with E-state index in [4.69, 9.17) is 9.47 Å². The fourth-order valence-corrected chi connectivity index (χ4v) is 3.77. The number of esters is 1. The Morgan fingerprint density at radius 2 is 1.83 bits per heavy atom. The van der Waals surface area contributed by atoms with Gasteiger partial charge >= 0.3 is 5.97 Å². The molecule has 0 saturated carbocycles. The Hall–Kier alpha value is -2.86. The molecule has 2 atom stereocenters. The van der Waals surface area contributed by atoms with Gasteiger partial charge in [0.15, 0.2) is 0 Å². The number of nitrogens with one attached hydrogen (secondary N) is 1. The highest BCUT2D eigenvalue weighted by atomic mass is 16.5. The summed E-state index contributed by atoms with van der Waals surface area (Å²) in [5, 5.41) is 3.13. The monoisotopic (exact) mass is 410 g/mol. The van der Waals surface area contributed by atoms with E-state index in [-0.39, 0.29) is 24.0 Å². The fraction of sp³-hybridized carbons (Fsp3) is 0.417. The summed E-state index contributed by atoms with van der Waals surface area (Å²) in [5.41, 5.74) is 1.45. The number of nitrogens with zero attached hydrogens (tertiary/aromatic N) is 1. The smallest absolute Gasteiger partial charge is 0.337 e. The highest BCUT2D eigenvalue weighted by Crippen LogP contribution is 2.20. The first-order chi connectivity index (χ1) is 14.6. The second kappa shape index (κ2) is 10.8. The Morgan fingerprint density at radius 1 is 1.10 bits per heavy atom. The quantitative estimate of drug-likeness (QED) is 0.674. The molecule has 6 heteroatoms. The minimum atomic E-state index is -0.367. The topological polar surface area (TPSA) is 67.9 Å². The summed E-state index contributed by atoms with van der Waals surface area (Å²) in [6.07, 6.45) is 3.00. The molecule has 6 nitrogen and oxygen atoms in total. The second-order valence-corrected chi connectivity index (χ2v) is 7.55. The van der Waals surface area contributed by atoms with Crippen molar-refractivity contribution in [3.05, 3.63) is 65.7 Å². The van der Waals surface area contributed by atoms with Crippen molar-refractivity contribution in [3.8, 4) is 5.75 Å². The second-order valence-electron chi connectivity index (χ2n) is 7.55. The van der Waals surface area contributed by atoms with Crippen LogP contribution < -0.4 is 10.1 Å². The van der Waals surface area contributed by atoms with Crippen LogP contribution in [0.1, 0.15) is 48.1 Å². The number of benzene rings is 2. The molecule has 0 bridgehead atoms. The van der Waals surface area contributed by atoms with Gasteiger partial charge < -0.3 is 14.8 Å². The molecule has 0 aromatic heterocycles.